The molecule has 3 aromatic rings. The van der Waals surface area contributed by atoms with Crippen molar-refractivity contribution >= 4 is 32.6 Å². The van der Waals surface area contributed by atoms with Gasteiger partial charge in [0.1, 0.15) is 0 Å². The average Bonchev–Trinajstić information content (AvgIpc) is 3.29. The van der Waals surface area contributed by atoms with Crippen LogP contribution in [0.3, 0.4) is 0 Å². The number of hydrogen-bond acceptors (Lipinski definition) is 5. The summed E-state index contributed by atoms with van der Waals surface area (Å²) >= 11 is 1.59. The topological polar surface area (TPSA) is 54.3 Å². The zero-order valence-electron chi connectivity index (χ0n) is 16.7. The molecule has 2 heterocycles. The first-order valence-corrected chi connectivity index (χ1v) is 10.1. The van der Waals surface area contributed by atoms with E-state index in [0.29, 0.717) is 12.2 Å². The normalized spacial score (nSPS) is 11.5. The molecule has 0 N–H and O–H groups in total. The molecule has 27 heavy (non-hydrogen) atoms. The van der Waals surface area contributed by atoms with E-state index in [4.69, 9.17) is 4.98 Å². The summed E-state index contributed by atoms with van der Waals surface area (Å²) in [5, 5.41) is 5.15. The Morgan fingerprint density at radius 3 is 2.52 bits per heavy atom. The van der Waals surface area contributed by atoms with Gasteiger partial charge in [-0.05, 0) is 65.0 Å². The van der Waals surface area contributed by atoms with Crippen LogP contribution in [0, 0.1) is 13.8 Å². The number of anilines is 1. The molecule has 1 aromatic carbocycles. The number of aryl methyl sites for hydroxylation is 3. The summed E-state index contributed by atoms with van der Waals surface area (Å²) in [7, 11) is 4.08. The molecule has 7 heteroatoms. The maximum absolute atomic E-state index is 13.2. The zero-order chi connectivity index (χ0) is 19.6. The molecule has 0 bridgehead atoms. The Morgan fingerprint density at radius 2 is 1.89 bits per heavy atom. The number of thiazole rings is 1. The minimum absolute atomic E-state index is 0.0877. The molecule has 0 aliphatic heterocycles. The van der Waals surface area contributed by atoms with Crippen molar-refractivity contribution in [2.45, 2.75) is 33.7 Å². The van der Waals surface area contributed by atoms with Crippen molar-refractivity contribution in [1.82, 2.24) is 19.7 Å². The fraction of sp³-hybridized carbons (Fsp3) is 0.450. The van der Waals surface area contributed by atoms with Crippen molar-refractivity contribution in [1.29, 1.82) is 0 Å². The second-order valence-corrected chi connectivity index (χ2v) is 8.02. The highest BCUT2D eigenvalue weighted by molar-refractivity contribution is 7.22. The van der Waals surface area contributed by atoms with Gasteiger partial charge in [0.15, 0.2) is 10.8 Å². The molecule has 2 aromatic heterocycles. The molecular formula is C20H27N5OS. The van der Waals surface area contributed by atoms with E-state index in [9.17, 15) is 4.79 Å². The second-order valence-electron chi connectivity index (χ2n) is 7.04. The highest BCUT2D eigenvalue weighted by Crippen LogP contribution is 2.33. The number of aromatic nitrogens is 3. The van der Waals surface area contributed by atoms with Crippen LogP contribution in [0.25, 0.3) is 10.2 Å². The standard InChI is InChI=1S/C20H27N5OS/c1-6-24-13-10-16(22-24)19(26)25(12-7-11-23(4)5)20-21-17-14(2)8-9-15(3)18(17)27-20/h8-10,13H,6-7,11-12H2,1-5H3. The van der Waals surface area contributed by atoms with Crippen LogP contribution in [0.5, 0.6) is 0 Å². The quantitative estimate of drug-likeness (QED) is 0.622. The molecule has 0 atom stereocenters. The van der Waals surface area contributed by atoms with E-state index in [1.54, 1.807) is 27.0 Å². The van der Waals surface area contributed by atoms with Crippen LogP contribution < -0.4 is 4.90 Å². The van der Waals surface area contributed by atoms with Crippen LogP contribution in [0.1, 0.15) is 35.0 Å². The average molecular weight is 386 g/mol. The molecule has 0 radical (unpaired) electrons. The Labute approximate surface area is 164 Å². The number of benzene rings is 1. The van der Waals surface area contributed by atoms with Crippen molar-refractivity contribution in [3.05, 3.63) is 41.2 Å². The van der Waals surface area contributed by atoms with E-state index in [1.165, 1.54) is 5.56 Å². The smallest absolute Gasteiger partial charge is 0.280 e. The fourth-order valence-electron chi connectivity index (χ4n) is 2.98. The summed E-state index contributed by atoms with van der Waals surface area (Å²) in [6.45, 7) is 8.43. The van der Waals surface area contributed by atoms with Gasteiger partial charge in [0.2, 0.25) is 0 Å². The lowest BCUT2D eigenvalue weighted by Crippen LogP contribution is -2.33. The van der Waals surface area contributed by atoms with Gasteiger partial charge in [0.05, 0.1) is 10.2 Å². The van der Waals surface area contributed by atoms with Crippen LogP contribution in [0.2, 0.25) is 0 Å². The second kappa shape index (κ2) is 8.19. The Hall–Kier alpha value is -2.25. The van der Waals surface area contributed by atoms with E-state index in [1.807, 2.05) is 27.2 Å². The molecule has 144 valence electrons. The minimum atomic E-state index is -0.0877. The van der Waals surface area contributed by atoms with E-state index in [-0.39, 0.29) is 5.91 Å². The number of carbonyl (C=O) groups excluding carboxylic acids is 1. The van der Waals surface area contributed by atoms with Crippen LogP contribution in [0.4, 0.5) is 5.13 Å². The van der Waals surface area contributed by atoms with Gasteiger partial charge in [-0.1, -0.05) is 23.5 Å². The van der Waals surface area contributed by atoms with Gasteiger partial charge in [-0.2, -0.15) is 5.10 Å². The Morgan fingerprint density at radius 1 is 1.15 bits per heavy atom. The molecule has 0 unspecified atom stereocenters. The lowest BCUT2D eigenvalue weighted by Gasteiger charge is -2.20. The number of carbonyl (C=O) groups is 1. The lowest BCUT2D eigenvalue weighted by atomic mass is 10.1. The first-order valence-electron chi connectivity index (χ1n) is 9.27. The van der Waals surface area contributed by atoms with Gasteiger partial charge in [-0.15, -0.1) is 0 Å². The van der Waals surface area contributed by atoms with Crippen LogP contribution in [0.15, 0.2) is 24.4 Å². The third-order valence-corrected chi connectivity index (χ3v) is 5.79. The number of fused-ring (bicyclic) bond motifs is 1. The molecule has 0 fully saturated rings. The largest absolute Gasteiger partial charge is 0.309 e. The molecule has 1 amide bonds. The first-order chi connectivity index (χ1) is 12.9. The van der Waals surface area contributed by atoms with Crippen molar-refractivity contribution in [2.75, 3.05) is 32.1 Å². The third-order valence-electron chi connectivity index (χ3n) is 4.58. The van der Waals surface area contributed by atoms with Crippen molar-refractivity contribution in [3.63, 3.8) is 0 Å². The molecule has 0 saturated heterocycles. The maximum Gasteiger partial charge on any atom is 0.280 e. The predicted molar refractivity (Wildman–Crippen MR) is 112 cm³/mol. The van der Waals surface area contributed by atoms with E-state index >= 15 is 0 Å². The van der Waals surface area contributed by atoms with Gasteiger partial charge in [-0.3, -0.25) is 14.4 Å². The molecular weight excluding hydrogens is 358 g/mol. The molecule has 0 aliphatic rings. The van der Waals surface area contributed by atoms with Gasteiger partial charge in [0.25, 0.3) is 5.91 Å². The van der Waals surface area contributed by atoms with E-state index in [0.717, 1.165) is 40.4 Å². The van der Waals surface area contributed by atoms with E-state index < -0.39 is 0 Å². The van der Waals surface area contributed by atoms with Crippen molar-refractivity contribution in [2.24, 2.45) is 0 Å². The van der Waals surface area contributed by atoms with Gasteiger partial charge in [0, 0.05) is 19.3 Å². The Bertz CT molecular complexity index is 904. The lowest BCUT2D eigenvalue weighted by molar-refractivity contribution is 0.0980. The zero-order valence-corrected chi connectivity index (χ0v) is 17.5. The monoisotopic (exact) mass is 385 g/mol. The van der Waals surface area contributed by atoms with Gasteiger partial charge in [-0.25, -0.2) is 4.98 Å². The molecule has 6 nitrogen and oxygen atoms in total. The summed E-state index contributed by atoms with van der Waals surface area (Å²) in [6.07, 6.45) is 2.72. The van der Waals surface area contributed by atoms with Crippen LogP contribution in [-0.4, -0.2) is 52.8 Å². The summed E-state index contributed by atoms with van der Waals surface area (Å²) in [5.41, 5.74) is 3.78. The molecule has 3 rings (SSSR count). The third kappa shape index (κ3) is 4.20. The number of amides is 1. The van der Waals surface area contributed by atoms with Crippen LogP contribution >= 0.6 is 11.3 Å². The van der Waals surface area contributed by atoms with Crippen LogP contribution in [-0.2, 0) is 6.54 Å². The molecule has 0 aliphatic carbocycles. The minimum Gasteiger partial charge on any atom is -0.309 e. The Balaban J connectivity index is 1.97. The highest BCUT2D eigenvalue weighted by Gasteiger charge is 2.23. The number of nitrogens with zero attached hydrogens (tertiary/aromatic N) is 5. The number of hydrogen-bond donors (Lipinski definition) is 0. The van der Waals surface area contributed by atoms with Gasteiger partial charge < -0.3 is 4.90 Å². The predicted octanol–water partition coefficient (Wildman–Crippen LogP) is 3.73. The SMILES string of the molecule is CCn1ccc(C(=O)N(CCCN(C)C)c2nc3c(C)ccc(C)c3s2)n1. The van der Waals surface area contributed by atoms with Gasteiger partial charge >= 0.3 is 0 Å². The van der Waals surface area contributed by atoms with Crippen molar-refractivity contribution in [3.8, 4) is 0 Å². The Kier molecular flexibility index (Phi) is 5.92. The van der Waals surface area contributed by atoms with E-state index in [2.05, 4.69) is 36.0 Å². The molecule has 0 saturated carbocycles. The molecule has 0 spiro atoms. The number of rotatable bonds is 7. The first kappa shape index (κ1) is 19.5. The fourth-order valence-corrected chi connectivity index (χ4v) is 4.12. The highest BCUT2D eigenvalue weighted by atomic mass is 32.1. The summed E-state index contributed by atoms with van der Waals surface area (Å²) in [4.78, 5) is 21.9. The summed E-state index contributed by atoms with van der Waals surface area (Å²) < 4.78 is 2.92. The summed E-state index contributed by atoms with van der Waals surface area (Å²) in [5.74, 6) is -0.0877. The van der Waals surface area contributed by atoms with Crippen molar-refractivity contribution < 1.29 is 4.79 Å². The maximum atomic E-state index is 13.2. The summed E-state index contributed by atoms with van der Waals surface area (Å²) in [6, 6.07) is 5.98.